The third kappa shape index (κ3) is 7.47. The van der Waals surface area contributed by atoms with Crippen molar-refractivity contribution in [2.45, 2.75) is 76.2 Å². The molecule has 5 atom stereocenters. The highest BCUT2D eigenvalue weighted by atomic mass is 32.2. The van der Waals surface area contributed by atoms with Crippen molar-refractivity contribution in [3.8, 4) is 0 Å². The second-order valence-corrected chi connectivity index (χ2v) is 13.7. The minimum absolute atomic E-state index is 0.0257. The van der Waals surface area contributed by atoms with E-state index in [-0.39, 0.29) is 37.4 Å². The molecule has 0 unspecified atom stereocenters. The maximum Gasteiger partial charge on any atom is 0.428 e. The highest BCUT2D eigenvalue weighted by molar-refractivity contribution is 7.88. The van der Waals surface area contributed by atoms with Crippen LogP contribution in [-0.2, 0) is 35.7 Å². The first kappa shape index (κ1) is 32.7. The van der Waals surface area contributed by atoms with Gasteiger partial charge in [-0.2, -0.15) is 4.31 Å². The summed E-state index contributed by atoms with van der Waals surface area (Å²) in [5.41, 5.74) is 3.38. The molecule has 2 heterocycles. The first-order chi connectivity index (χ1) is 20.5. The lowest BCUT2D eigenvalue weighted by Crippen LogP contribution is -2.59. The Bertz CT molecular complexity index is 1270. The number of nitrogens with zero attached hydrogens (tertiary/aromatic N) is 3. The molecular formula is C29H44N6O7S. The number of carbonyl (C=O) groups excluding carboxylic acids is 4. The summed E-state index contributed by atoms with van der Waals surface area (Å²) in [6.07, 6.45) is 5.22. The molecule has 0 spiro atoms. The normalized spacial score (nSPS) is 24.1. The largest absolute Gasteiger partial charge is 0.452 e. The molecule has 1 aliphatic carbocycles. The molecule has 4 rings (SSSR count). The molecule has 13 nitrogen and oxygen atoms in total. The van der Waals surface area contributed by atoms with Gasteiger partial charge in [0.2, 0.25) is 27.7 Å². The number of rotatable bonds is 9. The number of likely N-dealkylation sites (N-methyl/N-ethyl adjacent to an activating group) is 1. The van der Waals surface area contributed by atoms with Crippen LogP contribution in [0, 0.1) is 11.8 Å². The van der Waals surface area contributed by atoms with Gasteiger partial charge in [0.1, 0.15) is 6.04 Å². The second-order valence-electron chi connectivity index (χ2n) is 11.7. The molecule has 3 N–H and O–H groups in total. The number of hydrogen-bond acceptors (Lipinski definition) is 8. The Morgan fingerprint density at radius 2 is 1.74 bits per heavy atom. The SMILES string of the molecule is CN[C@@H](C)C(=O)N[C@H](C(=O)N1CC[C@@H]2[C@H]1[C@@H](C(=O)NN(Cc1ccccc1)C(=O)OC)CN2S(C)(=O)=O)C1CCCCC1. The zero-order valence-corrected chi connectivity index (χ0v) is 26.1. The average Bonchev–Trinajstić information content (AvgIpc) is 3.60. The van der Waals surface area contributed by atoms with Gasteiger partial charge in [-0.05, 0) is 44.7 Å². The van der Waals surface area contributed by atoms with Crippen molar-refractivity contribution in [2.24, 2.45) is 11.8 Å². The zero-order valence-electron chi connectivity index (χ0n) is 25.3. The van der Waals surface area contributed by atoms with E-state index in [4.69, 9.17) is 4.74 Å². The fraction of sp³-hybridized carbons (Fsp3) is 0.655. The van der Waals surface area contributed by atoms with Gasteiger partial charge in [0.25, 0.3) is 0 Å². The van der Waals surface area contributed by atoms with E-state index in [0.29, 0.717) is 6.42 Å². The van der Waals surface area contributed by atoms with Crippen LogP contribution in [0.15, 0.2) is 30.3 Å². The van der Waals surface area contributed by atoms with Gasteiger partial charge < -0.3 is 20.3 Å². The Morgan fingerprint density at radius 3 is 2.35 bits per heavy atom. The van der Waals surface area contributed by atoms with Crippen LogP contribution in [0.4, 0.5) is 4.79 Å². The van der Waals surface area contributed by atoms with E-state index in [9.17, 15) is 27.6 Å². The Balaban J connectivity index is 1.62. The summed E-state index contributed by atoms with van der Waals surface area (Å²) in [7, 11) is -0.838. The average molecular weight is 621 g/mol. The highest BCUT2D eigenvalue weighted by Crippen LogP contribution is 2.39. The van der Waals surface area contributed by atoms with E-state index in [1.54, 1.807) is 43.1 Å². The van der Waals surface area contributed by atoms with Gasteiger partial charge in [0.05, 0.1) is 37.9 Å². The Morgan fingerprint density at radius 1 is 1.07 bits per heavy atom. The van der Waals surface area contributed by atoms with E-state index < -0.39 is 52.1 Å². The van der Waals surface area contributed by atoms with Crippen molar-refractivity contribution >= 4 is 33.8 Å². The number of likely N-dealkylation sites (tertiary alicyclic amines) is 1. The van der Waals surface area contributed by atoms with Crippen molar-refractivity contribution in [3.05, 3.63) is 35.9 Å². The predicted molar refractivity (Wildman–Crippen MR) is 159 cm³/mol. The molecule has 1 aromatic carbocycles. The smallest absolute Gasteiger partial charge is 0.428 e. The van der Waals surface area contributed by atoms with E-state index in [0.717, 1.165) is 48.9 Å². The summed E-state index contributed by atoms with van der Waals surface area (Å²) in [5, 5.41) is 6.92. The molecule has 2 aliphatic heterocycles. The minimum atomic E-state index is -3.71. The van der Waals surface area contributed by atoms with Gasteiger partial charge in [-0.3, -0.25) is 19.8 Å². The maximum absolute atomic E-state index is 14.3. The van der Waals surface area contributed by atoms with Crippen molar-refractivity contribution in [2.75, 3.05) is 33.5 Å². The van der Waals surface area contributed by atoms with Crippen LogP contribution in [0.3, 0.4) is 0 Å². The topological polar surface area (TPSA) is 157 Å². The van der Waals surface area contributed by atoms with Crippen LogP contribution in [0.2, 0.25) is 0 Å². The van der Waals surface area contributed by atoms with E-state index >= 15 is 0 Å². The monoisotopic (exact) mass is 620 g/mol. The van der Waals surface area contributed by atoms with Crippen molar-refractivity contribution in [1.29, 1.82) is 0 Å². The number of fused-ring (bicyclic) bond motifs is 1. The summed E-state index contributed by atoms with van der Waals surface area (Å²) in [6, 6.07) is 6.37. The first-order valence-electron chi connectivity index (χ1n) is 14.9. The molecule has 238 valence electrons. The van der Waals surface area contributed by atoms with E-state index in [1.807, 2.05) is 6.07 Å². The van der Waals surface area contributed by atoms with Gasteiger partial charge in [-0.1, -0.05) is 49.6 Å². The van der Waals surface area contributed by atoms with Gasteiger partial charge in [0, 0.05) is 19.1 Å². The van der Waals surface area contributed by atoms with E-state index in [2.05, 4.69) is 16.1 Å². The number of carbonyl (C=O) groups is 4. The first-order valence-corrected chi connectivity index (χ1v) is 16.8. The van der Waals surface area contributed by atoms with Crippen molar-refractivity contribution in [1.82, 2.24) is 30.3 Å². The number of hydrazine groups is 1. The zero-order chi connectivity index (χ0) is 31.3. The summed E-state index contributed by atoms with van der Waals surface area (Å²) >= 11 is 0. The highest BCUT2D eigenvalue weighted by Gasteiger charge is 2.56. The van der Waals surface area contributed by atoms with Gasteiger partial charge in [-0.15, -0.1) is 0 Å². The number of benzene rings is 1. The van der Waals surface area contributed by atoms with Crippen LogP contribution in [0.25, 0.3) is 0 Å². The lowest BCUT2D eigenvalue weighted by Gasteiger charge is -2.36. The van der Waals surface area contributed by atoms with Gasteiger partial charge >= 0.3 is 6.09 Å². The number of nitrogens with one attached hydrogen (secondary N) is 3. The van der Waals surface area contributed by atoms with Crippen molar-refractivity contribution < 1.29 is 32.3 Å². The van der Waals surface area contributed by atoms with Crippen LogP contribution < -0.4 is 16.1 Å². The fourth-order valence-corrected chi connectivity index (χ4v) is 7.74. The van der Waals surface area contributed by atoms with E-state index in [1.165, 1.54) is 11.4 Å². The van der Waals surface area contributed by atoms with Crippen molar-refractivity contribution in [3.63, 3.8) is 0 Å². The number of amides is 4. The third-order valence-corrected chi connectivity index (χ3v) is 10.2. The molecule has 2 saturated heterocycles. The lowest BCUT2D eigenvalue weighted by molar-refractivity contribution is -0.141. The molecule has 43 heavy (non-hydrogen) atoms. The summed E-state index contributed by atoms with van der Waals surface area (Å²) in [5.74, 6) is -2.21. The number of methoxy groups -OCH3 is 1. The van der Waals surface area contributed by atoms with Crippen LogP contribution >= 0.6 is 0 Å². The number of sulfonamides is 1. The Labute approximate surface area is 253 Å². The quantitative estimate of drug-likeness (QED) is 0.343. The van der Waals surface area contributed by atoms with Gasteiger partial charge in [0.15, 0.2) is 0 Å². The minimum Gasteiger partial charge on any atom is -0.452 e. The van der Waals surface area contributed by atoms with Gasteiger partial charge in [-0.25, -0.2) is 18.2 Å². The summed E-state index contributed by atoms with van der Waals surface area (Å²) in [4.78, 5) is 55.3. The van der Waals surface area contributed by atoms with Crippen LogP contribution in [0.5, 0.6) is 0 Å². The molecule has 4 amide bonds. The molecule has 0 radical (unpaired) electrons. The molecule has 1 aromatic rings. The third-order valence-electron chi connectivity index (χ3n) is 8.96. The molecule has 0 aromatic heterocycles. The molecule has 14 heteroatoms. The van der Waals surface area contributed by atoms with Crippen LogP contribution in [-0.4, -0.2) is 104 Å². The maximum atomic E-state index is 14.3. The molecule has 3 fully saturated rings. The Hall–Kier alpha value is -3.23. The Kier molecular flexibility index (Phi) is 10.7. The predicted octanol–water partition coefficient (Wildman–Crippen LogP) is 0.820. The molecule has 0 bridgehead atoms. The fourth-order valence-electron chi connectivity index (χ4n) is 6.59. The lowest BCUT2D eigenvalue weighted by atomic mass is 9.83. The molecular weight excluding hydrogens is 576 g/mol. The summed E-state index contributed by atoms with van der Waals surface area (Å²) < 4.78 is 31.8. The van der Waals surface area contributed by atoms with Crippen LogP contribution in [0.1, 0.15) is 51.0 Å². The molecule has 3 aliphatic rings. The standard InChI is InChI=1S/C29H44N6O7S/c1-19(30-2)26(36)31-24(21-13-9-6-10-14-21)28(38)33-16-15-23-25(33)22(18-35(23)43(4,40)41)27(37)32-34(29(39)42-3)17-20-11-7-5-8-12-20/h5,7-8,11-12,19,21-25,30H,6,9-10,13-18H2,1-4H3,(H,31,36)(H,32,37)/t19-,22-,23+,24-,25+/m0/s1. The number of hydrogen-bond donors (Lipinski definition) is 3. The molecule has 1 saturated carbocycles. The summed E-state index contributed by atoms with van der Waals surface area (Å²) in [6.45, 7) is 1.85. The second kappa shape index (κ2) is 14.0. The number of ether oxygens (including phenoxy) is 1.